The topological polar surface area (TPSA) is 110 Å². The van der Waals surface area contributed by atoms with Gasteiger partial charge in [-0.05, 0) is 48.0 Å². The molecule has 0 aliphatic carbocycles. The number of hydrogen-bond donors (Lipinski definition) is 1. The summed E-state index contributed by atoms with van der Waals surface area (Å²) in [6, 6.07) is 21.2. The van der Waals surface area contributed by atoms with Gasteiger partial charge in [0, 0.05) is 23.0 Å². The number of aromatic nitrogens is 3. The first kappa shape index (κ1) is 29.0. The molecule has 1 aliphatic heterocycles. The molecule has 3 aromatic carbocycles. The van der Waals surface area contributed by atoms with Gasteiger partial charge in [-0.2, -0.15) is 5.26 Å². The number of fused-ring (bicyclic) bond motifs is 1. The normalized spacial score (nSPS) is 15.8. The molecule has 222 valence electrons. The van der Waals surface area contributed by atoms with Gasteiger partial charge in [-0.25, -0.2) is 23.5 Å². The van der Waals surface area contributed by atoms with E-state index < -0.39 is 17.6 Å². The lowest BCUT2D eigenvalue weighted by Crippen LogP contribution is -2.27. The molecule has 0 amide bonds. The Morgan fingerprint density at radius 2 is 1.86 bits per heavy atom. The Kier molecular flexibility index (Phi) is 7.57. The number of carboxylic acid groups (broad SMARTS) is 1. The van der Waals surface area contributed by atoms with Crippen molar-refractivity contribution in [2.75, 3.05) is 13.2 Å². The number of ether oxygens (including phenoxy) is 2. The van der Waals surface area contributed by atoms with E-state index in [4.69, 9.17) is 19.7 Å². The van der Waals surface area contributed by atoms with Crippen LogP contribution < -0.4 is 4.74 Å². The van der Waals surface area contributed by atoms with Crippen LogP contribution in [0.15, 0.2) is 72.8 Å². The van der Waals surface area contributed by atoms with Gasteiger partial charge < -0.3 is 19.1 Å². The molecule has 8 nitrogen and oxygen atoms in total. The van der Waals surface area contributed by atoms with Gasteiger partial charge in [-0.1, -0.05) is 44.2 Å². The Labute approximate surface area is 252 Å². The van der Waals surface area contributed by atoms with Gasteiger partial charge in [0.25, 0.3) is 5.88 Å². The number of carbonyl (C=O) groups is 1. The van der Waals surface area contributed by atoms with Crippen molar-refractivity contribution in [1.82, 2.24) is 14.5 Å². The number of halogens is 2. The van der Waals surface area contributed by atoms with E-state index in [1.807, 2.05) is 30.3 Å². The van der Waals surface area contributed by atoms with E-state index in [-0.39, 0.29) is 40.6 Å². The third-order valence-electron chi connectivity index (χ3n) is 7.95. The standard InChI is InChI=1S/C34H28F2N4O4/c1-34(2)19-43-18-30(34)40-29-15-23(33(41)42)9-11-28(29)38-31(40)14-20-3-6-22(7-4-20)27-12-10-25(35)32(39-27)44-17-24-8-5-21(16-37)13-26(24)36/h3-13,15,30H,14,17-19H2,1-2H3,(H,41,42)/t30-/m1/s1. The fraction of sp³-hybridized carbons (Fsp3) is 0.235. The molecule has 5 aromatic rings. The molecule has 1 aliphatic rings. The number of benzene rings is 3. The highest BCUT2D eigenvalue weighted by atomic mass is 19.1. The first-order valence-electron chi connectivity index (χ1n) is 14.0. The van der Waals surface area contributed by atoms with E-state index >= 15 is 0 Å². The van der Waals surface area contributed by atoms with Gasteiger partial charge in [0.15, 0.2) is 5.82 Å². The summed E-state index contributed by atoms with van der Waals surface area (Å²) in [6.45, 7) is 5.10. The maximum atomic E-state index is 14.5. The summed E-state index contributed by atoms with van der Waals surface area (Å²) in [5.74, 6) is -1.75. The Hall–Kier alpha value is -5.14. The van der Waals surface area contributed by atoms with Gasteiger partial charge in [-0.3, -0.25) is 0 Å². The quantitative estimate of drug-likeness (QED) is 0.213. The summed E-state index contributed by atoms with van der Waals surface area (Å²) in [6.07, 6.45) is 0.491. The lowest BCUT2D eigenvalue weighted by molar-refractivity contribution is 0.0697. The predicted octanol–water partition coefficient (Wildman–Crippen LogP) is 6.71. The first-order chi connectivity index (χ1) is 21.1. The van der Waals surface area contributed by atoms with Crippen LogP contribution in [0.4, 0.5) is 8.78 Å². The Morgan fingerprint density at radius 3 is 2.55 bits per heavy atom. The van der Waals surface area contributed by atoms with Crippen molar-refractivity contribution in [2.45, 2.75) is 32.9 Å². The lowest BCUT2D eigenvalue weighted by atomic mass is 9.87. The molecular formula is C34H28F2N4O4. The number of nitrogens with zero attached hydrogens (tertiary/aromatic N) is 4. The van der Waals surface area contributed by atoms with Gasteiger partial charge in [0.05, 0.1) is 53.2 Å². The van der Waals surface area contributed by atoms with Gasteiger partial charge in [0.2, 0.25) is 0 Å². The van der Waals surface area contributed by atoms with Crippen molar-refractivity contribution in [3.8, 4) is 23.2 Å². The molecule has 6 rings (SSSR count). The van der Waals surface area contributed by atoms with Crippen LogP contribution in [-0.4, -0.2) is 38.8 Å². The van der Waals surface area contributed by atoms with E-state index in [0.717, 1.165) is 28.5 Å². The molecule has 44 heavy (non-hydrogen) atoms. The summed E-state index contributed by atoms with van der Waals surface area (Å²) in [7, 11) is 0. The highest BCUT2D eigenvalue weighted by molar-refractivity contribution is 5.92. The molecule has 1 atom stereocenters. The number of pyridine rings is 1. The molecule has 0 unspecified atom stereocenters. The zero-order chi connectivity index (χ0) is 31.0. The third kappa shape index (κ3) is 5.62. The van der Waals surface area contributed by atoms with E-state index in [2.05, 4.69) is 23.4 Å². The summed E-state index contributed by atoms with van der Waals surface area (Å²) in [4.78, 5) is 20.9. The van der Waals surface area contributed by atoms with E-state index in [1.54, 1.807) is 24.3 Å². The zero-order valence-corrected chi connectivity index (χ0v) is 24.1. The summed E-state index contributed by atoms with van der Waals surface area (Å²) < 4.78 is 42.2. The van der Waals surface area contributed by atoms with Crippen molar-refractivity contribution < 1.29 is 28.2 Å². The maximum absolute atomic E-state index is 14.5. The van der Waals surface area contributed by atoms with Crippen LogP contribution in [-0.2, 0) is 17.8 Å². The molecule has 0 saturated carbocycles. The second kappa shape index (κ2) is 11.5. The molecule has 1 saturated heterocycles. The number of nitriles is 1. The monoisotopic (exact) mass is 594 g/mol. The van der Waals surface area contributed by atoms with Gasteiger partial charge in [-0.15, -0.1) is 0 Å². The fourth-order valence-corrected chi connectivity index (χ4v) is 5.47. The maximum Gasteiger partial charge on any atom is 0.335 e. The van der Waals surface area contributed by atoms with E-state index in [0.29, 0.717) is 30.8 Å². The SMILES string of the molecule is CC1(C)COC[C@H]1n1c(Cc2ccc(-c3ccc(F)c(OCc4ccc(C#N)cc4F)n3)cc2)nc2ccc(C(=O)O)cc21. The molecule has 10 heteroatoms. The largest absolute Gasteiger partial charge is 0.478 e. The molecule has 0 spiro atoms. The zero-order valence-electron chi connectivity index (χ0n) is 24.1. The lowest BCUT2D eigenvalue weighted by Gasteiger charge is -2.28. The highest BCUT2D eigenvalue weighted by Gasteiger charge is 2.39. The van der Waals surface area contributed by atoms with Crippen molar-refractivity contribution in [2.24, 2.45) is 5.41 Å². The molecular weight excluding hydrogens is 566 g/mol. The molecule has 3 heterocycles. The summed E-state index contributed by atoms with van der Waals surface area (Å²) in [5, 5.41) is 18.5. The summed E-state index contributed by atoms with van der Waals surface area (Å²) in [5.41, 5.74) is 4.03. The van der Waals surface area contributed by atoms with Crippen LogP contribution in [0.3, 0.4) is 0 Å². The van der Waals surface area contributed by atoms with E-state index in [1.165, 1.54) is 18.2 Å². The number of rotatable bonds is 8. The highest BCUT2D eigenvalue weighted by Crippen LogP contribution is 2.40. The van der Waals surface area contributed by atoms with Crippen molar-refractivity contribution in [3.05, 3.63) is 113 Å². The van der Waals surface area contributed by atoms with Gasteiger partial charge >= 0.3 is 5.97 Å². The third-order valence-corrected chi connectivity index (χ3v) is 7.95. The van der Waals surface area contributed by atoms with E-state index in [9.17, 15) is 18.7 Å². The van der Waals surface area contributed by atoms with Crippen LogP contribution in [0.5, 0.6) is 5.88 Å². The van der Waals surface area contributed by atoms with Crippen LogP contribution in [0, 0.1) is 28.4 Å². The number of hydrogen-bond acceptors (Lipinski definition) is 6. The van der Waals surface area contributed by atoms with Crippen molar-refractivity contribution in [1.29, 1.82) is 5.26 Å². The Bertz CT molecular complexity index is 1930. The number of aromatic carboxylic acids is 1. The molecule has 0 radical (unpaired) electrons. The van der Waals surface area contributed by atoms with Crippen LogP contribution in [0.2, 0.25) is 0 Å². The predicted molar refractivity (Wildman–Crippen MR) is 158 cm³/mol. The average Bonchev–Trinajstić information content (AvgIpc) is 3.54. The second-order valence-corrected chi connectivity index (χ2v) is 11.5. The smallest absolute Gasteiger partial charge is 0.335 e. The van der Waals surface area contributed by atoms with Crippen molar-refractivity contribution in [3.63, 3.8) is 0 Å². The number of carboxylic acids is 1. The minimum Gasteiger partial charge on any atom is -0.478 e. The fourth-order valence-electron chi connectivity index (χ4n) is 5.47. The minimum atomic E-state index is -0.997. The number of imidazole rings is 1. The van der Waals surface area contributed by atoms with Crippen LogP contribution >= 0.6 is 0 Å². The molecule has 1 N–H and O–H groups in total. The molecule has 2 aromatic heterocycles. The Morgan fingerprint density at radius 1 is 1.07 bits per heavy atom. The summed E-state index contributed by atoms with van der Waals surface area (Å²) >= 11 is 0. The Balaban J connectivity index is 1.25. The molecule has 0 bridgehead atoms. The van der Waals surface area contributed by atoms with Gasteiger partial charge in [0.1, 0.15) is 18.2 Å². The van der Waals surface area contributed by atoms with Crippen LogP contribution in [0.1, 0.15) is 52.8 Å². The van der Waals surface area contributed by atoms with Crippen LogP contribution in [0.25, 0.3) is 22.3 Å². The average molecular weight is 595 g/mol. The first-order valence-corrected chi connectivity index (χ1v) is 14.0. The molecule has 1 fully saturated rings. The second-order valence-electron chi connectivity index (χ2n) is 11.5. The minimum absolute atomic E-state index is 0.0228. The van der Waals surface area contributed by atoms with Crippen molar-refractivity contribution >= 4 is 17.0 Å².